The molecular formula is C56H37N5. The van der Waals surface area contributed by atoms with Crippen molar-refractivity contribution in [1.82, 2.24) is 24.1 Å². The topological polar surface area (TPSA) is 48.5 Å². The van der Waals surface area contributed by atoms with Crippen LogP contribution in [0.2, 0.25) is 0 Å². The van der Waals surface area contributed by atoms with Crippen LogP contribution >= 0.6 is 0 Å². The van der Waals surface area contributed by atoms with Gasteiger partial charge in [0.25, 0.3) is 0 Å². The lowest BCUT2D eigenvalue weighted by atomic mass is 9.99. The van der Waals surface area contributed by atoms with Crippen molar-refractivity contribution < 1.29 is 0 Å². The summed E-state index contributed by atoms with van der Waals surface area (Å²) in [6.45, 7) is 2.26. The van der Waals surface area contributed by atoms with Crippen LogP contribution in [-0.2, 0) is 0 Å². The molecular weight excluding hydrogens is 743 g/mol. The molecule has 3 aromatic heterocycles. The van der Waals surface area contributed by atoms with E-state index in [9.17, 15) is 0 Å². The second-order valence-electron chi connectivity index (χ2n) is 15.7. The zero-order chi connectivity index (χ0) is 40.4. The van der Waals surface area contributed by atoms with Gasteiger partial charge in [-0.1, -0.05) is 164 Å². The maximum atomic E-state index is 5.36. The number of hydrogen-bond acceptors (Lipinski definition) is 3. The molecule has 0 unspecified atom stereocenters. The molecule has 0 bridgehead atoms. The Bertz CT molecular complexity index is 3570. The molecule has 0 N–H and O–H groups in total. The molecule has 0 saturated heterocycles. The van der Waals surface area contributed by atoms with Gasteiger partial charge in [-0.15, -0.1) is 0 Å². The normalized spacial score (nSPS) is 11.7. The van der Waals surface area contributed by atoms with Crippen molar-refractivity contribution in [2.75, 3.05) is 0 Å². The molecule has 9 aromatic carbocycles. The van der Waals surface area contributed by atoms with Crippen LogP contribution in [0.4, 0.5) is 0 Å². The molecule has 0 spiro atoms. The highest BCUT2D eigenvalue weighted by atomic mass is 15.2. The quantitative estimate of drug-likeness (QED) is 0.169. The van der Waals surface area contributed by atoms with Gasteiger partial charge in [0.2, 0.25) is 5.95 Å². The van der Waals surface area contributed by atoms with Crippen LogP contribution in [0.25, 0.3) is 111 Å². The van der Waals surface area contributed by atoms with Crippen molar-refractivity contribution >= 4 is 54.4 Å². The van der Waals surface area contributed by atoms with Crippen LogP contribution in [0.15, 0.2) is 206 Å². The third-order valence-electron chi connectivity index (χ3n) is 12.0. The number of hydrogen-bond donors (Lipinski definition) is 0. The molecule has 0 aliphatic rings. The van der Waals surface area contributed by atoms with E-state index in [-0.39, 0.29) is 0 Å². The maximum Gasteiger partial charge on any atom is 0.238 e. The summed E-state index contributed by atoms with van der Waals surface area (Å²) in [6, 6.07) is 73.2. The van der Waals surface area contributed by atoms with Gasteiger partial charge in [-0.2, -0.15) is 9.97 Å². The average Bonchev–Trinajstić information content (AvgIpc) is 3.85. The lowest BCUT2D eigenvalue weighted by molar-refractivity contribution is 0.953. The van der Waals surface area contributed by atoms with Crippen molar-refractivity contribution in [3.63, 3.8) is 0 Å². The second-order valence-corrected chi connectivity index (χ2v) is 15.7. The molecule has 0 saturated carbocycles. The van der Waals surface area contributed by atoms with Crippen LogP contribution in [0.5, 0.6) is 0 Å². The second kappa shape index (κ2) is 14.0. The third-order valence-corrected chi connectivity index (χ3v) is 12.0. The van der Waals surface area contributed by atoms with Crippen LogP contribution in [-0.4, -0.2) is 24.1 Å². The van der Waals surface area contributed by atoms with Crippen LogP contribution in [0.1, 0.15) is 5.56 Å². The lowest BCUT2D eigenvalue weighted by Gasteiger charge is -2.14. The fraction of sp³-hybridized carbons (Fsp3) is 0.0179. The summed E-state index contributed by atoms with van der Waals surface area (Å²) in [5.74, 6) is 1.79. The van der Waals surface area contributed by atoms with E-state index in [1.807, 2.05) is 36.4 Å². The number of fused-ring (bicyclic) bond motifs is 8. The summed E-state index contributed by atoms with van der Waals surface area (Å²) >= 11 is 0. The maximum absolute atomic E-state index is 5.36. The van der Waals surface area contributed by atoms with E-state index < -0.39 is 0 Å². The third kappa shape index (κ3) is 5.74. The molecule has 0 aliphatic carbocycles. The summed E-state index contributed by atoms with van der Waals surface area (Å²) in [7, 11) is 0. The molecule has 286 valence electrons. The molecule has 3 heterocycles. The van der Waals surface area contributed by atoms with Gasteiger partial charge < -0.3 is 4.57 Å². The summed E-state index contributed by atoms with van der Waals surface area (Å²) in [6.07, 6.45) is 0. The van der Waals surface area contributed by atoms with Gasteiger partial charge in [-0.25, -0.2) is 4.98 Å². The molecule has 5 nitrogen and oxygen atoms in total. The van der Waals surface area contributed by atoms with E-state index in [0.717, 1.165) is 55.2 Å². The van der Waals surface area contributed by atoms with Gasteiger partial charge in [-0.3, -0.25) is 4.57 Å². The molecule has 12 aromatic rings. The Morgan fingerprint density at radius 1 is 0.344 bits per heavy atom. The smallest absolute Gasteiger partial charge is 0.238 e. The van der Waals surface area contributed by atoms with Crippen molar-refractivity contribution in [2.24, 2.45) is 0 Å². The van der Waals surface area contributed by atoms with Crippen molar-refractivity contribution in [1.29, 1.82) is 0 Å². The van der Waals surface area contributed by atoms with Gasteiger partial charge in [0.15, 0.2) is 11.6 Å². The summed E-state index contributed by atoms with van der Waals surface area (Å²) in [4.78, 5) is 15.8. The Balaban J connectivity index is 1.27. The Morgan fingerprint density at radius 2 is 0.852 bits per heavy atom. The largest absolute Gasteiger partial charge is 0.307 e. The van der Waals surface area contributed by atoms with E-state index in [4.69, 9.17) is 15.0 Å². The fourth-order valence-corrected chi connectivity index (χ4v) is 9.21. The molecule has 0 aliphatic heterocycles. The fourth-order valence-electron chi connectivity index (χ4n) is 9.21. The number of aromatic nitrogens is 5. The summed E-state index contributed by atoms with van der Waals surface area (Å²) in [5, 5.41) is 7.04. The number of benzene rings is 9. The van der Waals surface area contributed by atoms with Gasteiger partial charge in [0, 0.05) is 38.4 Å². The molecule has 0 radical (unpaired) electrons. The van der Waals surface area contributed by atoms with Crippen LogP contribution < -0.4 is 0 Å². The molecule has 5 heteroatoms. The van der Waals surface area contributed by atoms with Crippen molar-refractivity contribution in [3.8, 4) is 56.7 Å². The van der Waals surface area contributed by atoms with E-state index in [1.165, 1.54) is 43.8 Å². The zero-order valence-corrected chi connectivity index (χ0v) is 33.4. The van der Waals surface area contributed by atoms with E-state index in [0.29, 0.717) is 17.6 Å². The highest BCUT2D eigenvalue weighted by Crippen LogP contribution is 2.45. The predicted molar refractivity (Wildman–Crippen MR) is 252 cm³/mol. The molecule has 0 atom stereocenters. The SMILES string of the molecule is Cc1cc2c3cc(-c4ccccc4)ccc3n(-c3nc(-c4ccccc4)nc(-c4ccccc4)n3)c2c2c1c1cc(-c3ccccc3)ccc1n2-c1ccc2ccccc2c1. The first-order valence-corrected chi connectivity index (χ1v) is 20.7. The van der Waals surface area contributed by atoms with E-state index in [2.05, 4.69) is 186 Å². The zero-order valence-electron chi connectivity index (χ0n) is 33.4. The Morgan fingerprint density at radius 3 is 1.44 bits per heavy atom. The van der Waals surface area contributed by atoms with Gasteiger partial charge in [0.1, 0.15) is 0 Å². The monoisotopic (exact) mass is 779 g/mol. The minimum absolute atomic E-state index is 0.561. The van der Waals surface area contributed by atoms with Gasteiger partial charge in [0.05, 0.1) is 22.1 Å². The predicted octanol–water partition coefficient (Wildman–Crippen LogP) is 14.2. The molecule has 0 amide bonds. The average molecular weight is 780 g/mol. The first kappa shape index (κ1) is 34.9. The number of aryl methyl sites for hydroxylation is 1. The minimum atomic E-state index is 0.561. The van der Waals surface area contributed by atoms with Crippen molar-refractivity contribution in [3.05, 3.63) is 212 Å². The highest BCUT2D eigenvalue weighted by molar-refractivity contribution is 6.25. The standard InChI is InChI=1S/C56H37N5/c1-36-32-47-46-34-43(37-16-6-2-7-17-37)27-30-49(46)61(56-58-54(40-21-10-4-11-22-40)57-55(59-56)41-23-12-5-13-24-41)52(47)53-51(36)48-35-44(38-18-8-3-9-19-38)28-31-50(48)60(53)45-29-26-39-20-14-15-25-42(39)33-45/h2-35H,1H3. The molecule has 61 heavy (non-hydrogen) atoms. The van der Waals surface area contributed by atoms with E-state index in [1.54, 1.807) is 0 Å². The Kier molecular flexibility index (Phi) is 8.00. The Labute approximate surface area is 352 Å². The van der Waals surface area contributed by atoms with Gasteiger partial charge in [-0.05, 0) is 88.0 Å². The number of rotatable bonds is 6. The lowest BCUT2D eigenvalue weighted by Crippen LogP contribution is -2.07. The first-order valence-electron chi connectivity index (χ1n) is 20.7. The van der Waals surface area contributed by atoms with Crippen LogP contribution in [0, 0.1) is 6.92 Å². The number of nitrogens with zero attached hydrogens (tertiary/aromatic N) is 5. The van der Waals surface area contributed by atoms with Gasteiger partial charge >= 0.3 is 0 Å². The van der Waals surface area contributed by atoms with E-state index >= 15 is 0 Å². The summed E-state index contributed by atoms with van der Waals surface area (Å²) < 4.78 is 4.75. The highest BCUT2D eigenvalue weighted by Gasteiger charge is 2.25. The minimum Gasteiger partial charge on any atom is -0.307 e. The summed E-state index contributed by atoms with van der Waals surface area (Å²) in [5.41, 5.74) is 13.1. The Hall–Kier alpha value is -8.15. The van der Waals surface area contributed by atoms with Crippen LogP contribution in [0.3, 0.4) is 0 Å². The molecule has 0 fully saturated rings. The van der Waals surface area contributed by atoms with Crippen molar-refractivity contribution in [2.45, 2.75) is 6.92 Å². The molecule has 12 rings (SSSR count). The first-order chi connectivity index (χ1) is 30.2.